The smallest absolute Gasteiger partial charge is 0.126 e. The molecule has 0 aliphatic rings. The maximum Gasteiger partial charge on any atom is 0.126 e. The fourth-order valence-corrected chi connectivity index (χ4v) is 3.35. The molecular weight excluding hydrogens is 303 g/mol. The lowest BCUT2D eigenvalue weighted by Gasteiger charge is -2.22. The zero-order valence-corrected chi connectivity index (χ0v) is 12.8. The molecule has 0 fully saturated rings. The van der Waals surface area contributed by atoms with E-state index in [4.69, 9.17) is 0 Å². The fourth-order valence-electron chi connectivity index (χ4n) is 2.38. The van der Waals surface area contributed by atoms with Crippen LogP contribution < -0.4 is 0 Å². The molecule has 0 heterocycles. The van der Waals surface area contributed by atoms with Gasteiger partial charge in [0.25, 0.3) is 0 Å². The molecular formula is C17H18BrF. The van der Waals surface area contributed by atoms with Crippen molar-refractivity contribution in [3.63, 3.8) is 0 Å². The summed E-state index contributed by atoms with van der Waals surface area (Å²) < 4.78 is 13.4. The highest BCUT2D eigenvalue weighted by molar-refractivity contribution is 9.09. The van der Waals surface area contributed by atoms with E-state index in [9.17, 15) is 4.39 Å². The molecule has 19 heavy (non-hydrogen) atoms. The predicted octanol–water partition coefficient (Wildman–Crippen LogP) is 5.76. The molecule has 2 aromatic carbocycles. The lowest BCUT2D eigenvalue weighted by atomic mass is 9.89. The Kier molecular flexibility index (Phi) is 4.76. The molecule has 0 bridgehead atoms. The topological polar surface area (TPSA) is 0 Å². The first-order valence-electron chi connectivity index (χ1n) is 6.58. The number of rotatable bonds is 4. The summed E-state index contributed by atoms with van der Waals surface area (Å²) >= 11 is 3.79. The number of aryl methyl sites for hydroxylation is 1. The van der Waals surface area contributed by atoms with Gasteiger partial charge in [0.15, 0.2) is 0 Å². The Hall–Kier alpha value is -1.15. The van der Waals surface area contributed by atoms with Crippen molar-refractivity contribution in [3.8, 4) is 0 Å². The summed E-state index contributed by atoms with van der Waals surface area (Å²) in [5.74, 6) is 0.252. The lowest BCUT2D eigenvalue weighted by molar-refractivity contribution is 0.613. The molecule has 0 saturated heterocycles. The van der Waals surface area contributed by atoms with Crippen molar-refractivity contribution in [2.24, 2.45) is 0 Å². The molecule has 0 amide bonds. The Morgan fingerprint density at radius 1 is 1.05 bits per heavy atom. The maximum absolute atomic E-state index is 13.4. The van der Waals surface area contributed by atoms with Crippen LogP contribution in [0.2, 0.25) is 0 Å². The van der Waals surface area contributed by atoms with E-state index in [1.807, 2.05) is 25.1 Å². The first-order valence-corrected chi connectivity index (χ1v) is 7.50. The molecule has 0 saturated carbocycles. The van der Waals surface area contributed by atoms with E-state index in [0.29, 0.717) is 11.5 Å². The molecule has 100 valence electrons. The van der Waals surface area contributed by atoms with Crippen LogP contribution in [0.1, 0.15) is 40.8 Å². The van der Waals surface area contributed by atoms with Crippen LogP contribution in [0.15, 0.2) is 48.5 Å². The van der Waals surface area contributed by atoms with Gasteiger partial charge in [-0.3, -0.25) is 0 Å². The maximum atomic E-state index is 13.4. The fraction of sp³-hybridized carbons (Fsp3) is 0.294. The lowest BCUT2D eigenvalue weighted by Crippen LogP contribution is -2.05. The average Bonchev–Trinajstić information content (AvgIpc) is 2.44. The van der Waals surface area contributed by atoms with Crippen LogP contribution >= 0.6 is 15.9 Å². The van der Waals surface area contributed by atoms with Crippen LogP contribution in [0.25, 0.3) is 0 Å². The average molecular weight is 321 g/mol. The molecule has 0 aliphatic heterocycles. The van der Waals surface area contributed by atoms with Gasteiger partial charge in [-0.15, -0.1) is 0 Å². The molecule has 0 nitrogen and oxygen atoms in total. The van der Waals surface area contributed by atoms with Gasteiger partial charge in [0.2, 0.25) is 0 Å². The molecule has 2 heteroatoms. The first-order chi connectivity index (χ1) is 9.13. The largest absolute Gasteiger partial charge is 0.207 e. The molecule has 0 aliphatic carbocycles. The number of benzene rings is 2. The van der Waals surface area contributed by atoms with Crippen LogP contribution in [0, 0.1) is 12.7 Å². The standard InChI is InChI=1S/C17H18BrF/c1-3-15(13-7-5-4-6-8-13)17(18)14-9-10-16(19)12(2)11-14/h4-11,15,17H,3H2,1-2H3. The van der Waals surface area contributed by atoms with Crippen LogP contribution in [0.5, 0.6) is 0 Å². The van der Waals surface area contributed by atoms with Crippen molar-refractivity contribution in [2.45, 2.75) is 31.0 Å². The number of hydrogen-bond acceptors (Lipinski definition) is 0. The van der Waals surface area contributed by atoms with Gasteiger partial charge < -0.3 is 0 Å². The SMILES string of the molecule is CCC(c1ccccc1)C(Br)c1ccc(F)c(C)c1. The number of alkyl halides is 1. The summed E-state index contributed by atoms with van der Waals surface area (Å²) in [6.07, 6.45) is 1.04. The van der Waals surface area contributed by atoms with Crippen LogP contribution in [-0.2, 0) is 0 Å². The van der Waals surface area contributed by atoms with E-state index < -0.39 is 0 Å². The van der Waals surface area contributed by atoms with Crippen molar-refractivity contribution in [3.05, 3.63) is 71.0 Å². The van der Waals surface area contributed by atoms with Gasteiger partial charge in [-0.05, 0) is 36.1 Å². The van der Waals surface area contributed by atoms with Gasteiger partial charge >= 0.3 is 0 Å². The van der Waals surface area contributed by atoms with Crippen molar-refractivity contribution in [2.75, 3.05) is 0 Å². The summed E-state index contributed by atoms with van der Waals surface area (Å²) in [6.45, 7) is 3.99. The number of halogens is 2. The molecule has 0 N–H and O–H groups in total. The molecule has 0 spiro atoms. The Morgan fingerprint density at radius 3 is 2.32 bits per heavy atom. The first kappa shape index (κ1) is 14.3. The van der Waals surface area contributed by atoms with Gasteiger partial charge in [0.1, 0.15) is 5.82 Å². The predicted molar refractivity (Wildman–Crippen MR) is 82.3 cm³/mol. The minimum absolute atomic E-state index is 0.142. The summed E-state index contributed by atoms with van der Waals surface area (Å²) in [7, 11) is 0. The van der Waals surface area contributed by atoms with Crippen LogP contribution in [-0.4, -0.2) is 0 Å². The second-order valence-electron chi connectivity index (χ2n) is 4.84. The third kappa shape index (κ3) is 3.24. The van der Waals surface area contributed by atoms with Crippen molar-refractivity contribution in [1.82, 2.24) is 0 Å². The minimum atomic E-state index is -0.142. The minimum Gasteiger partial charge on any atom is -0.207 e. The van der Waals surface area contributed by atoms with E-state index in [1.54, 1.807) is 6.07 Å². The normalized spacial score (nSPS) is 14.1. The van der Waals surface area contributed by atoms with E-state index in [-0.39, 0.29) is 10.6 Å². The van der Waals surface area contributed by atoms with Crippen molar-refractivity contribution in [1.29, 1.82) is 0 Å². The van der Waals surface area contributed by atoms with Crippen LogP contribution in [0.4, 0.5) is 4.39 Å². The zero-order valence-electron chi connectivity index (χ0n) is 11.2. The Morgan fingerprint density at radius 2 is 1.74 bits per heavy atom. The van der Waals surface area contributed by atoms with Gasteiger partial charge in [-0.1, -0.05) is 65.3 Å². The molecule has 2 atom stereocenters. The summed E-state index contributed by atoms with van der Waals surface area (Å²) in [6, 6.07) is 15.8. The quantitative estimate of drug-likeness (QED) is 0.628. The van der Waals surface area contributed by atoms with Gasteiger partial charge in [-0.2, -0.15) is 0 Å². The van der Waals surface area contributed by atoms with Gasteiger partial charge in [-0.25, -0.2) is 4.39 Å². The van der Waals surface area contributed by atoms with E-state index in [1.165, 1.54) is 5.56 Å². The summed E-state index contributed by atoms with van der Waals surface area (Å²) in [5, 5.41) is 0. The van der Waals surface area contributed by atoms with E-state index in [0.717, 1.165) is 12.0 Å². The van der Waals surface area contributed by atoms with Crippen molar-refractivity contribution < 1.29 is 4.39 Å². The molecule has 2 aromatic rings. The van der Waals surface area contributed by atoms with E-state index in [2.05, 4.69) is 47.1 Å². The molecule has 0 aromatic heterocycles. The van der Waals surface area contributed by atoms with Crippen LogP contribution in [0.3, 0.4) is 0 Å². The van der Waals surface area contributed by atoms with Crippen molar-refractivity contribution >= 4 is 15.9 Å². The third-order valence-corrected chi connectivity index (χ3v) is 4.69. The molecule has 0 radical (unpaired) electrons. The van der Waals surface area contributed by atoms with Gasteiger partial charge in [0, 0.05) is 10.7 Å². The second kappa shape index (κ2) is 6.33. The zero-order chi connectivity index (χ0) is 13.8. The summed E-state index contributed by atoms with van der Waals surface area (Å²) in [5.41, 5.74) is 3.15. The molecule has 2 unspecified atom stereocenters. The Bertz CT molecular complexity index is 536. The number of hydrogen-bond donors (Lipinski definition) is 0. The van der Waals surface area contributed by atoms with E-state index >= 15 is 0 Å². The summed E-state index contributed by atoms with van der Waals surface area (Å²) in [4.78, 5) is 0.208. The third-order valence-electron chi connectivity index (χ3n) is 3.52. The molecule has 2 rings (SSSR count). The monoisotopic (exact) mass is 320 g/mol. The van der Waals surface area contributed by atoms with Gasteiger partial charge in [0.05, 0.1) is 0 Å². The second-order valence-corrected chi connectivity index (χ2v) is 5.82. The highest BCUT2D eigenvalue weighted by Gasteiger charge is 2.21. The highest BCUT2D eigenvalue weighted by Crippen LogP contribution is 2.40. The highest BCUT2D eigenvalue weighted by atomic mass is 79.9. The Balaban J connectivity index is 2.30. The Labute approximate surface area is 122 Å².